The Morgan fingerprint density at radius 1 is 1.07 bits per heavy atom. The van der Waals surface area contributed by atoms with Gasteiger partial charge in [-0.1, -0.05) is 43.3 Å². The van der Waals surface area contributed by atoms with Crippen molar-refractivity contribution in [3.05, 3.63) is 66.0 Å². The number of benzene rings is 1. The zero-order chi connectivity index (χ0) is 19.5. The number of carbonyl (C=O) groups excluding carboxylic acids is 3. The van der Waals surface area contributed by atoms with Crippen LogP contribution in [0.15, 0.2) is 54.7 Å². The van der Waals surface area contributed by atoms with E-state index in [1.54, 1.807) is 25.1 Å². The van der Waals surface area contributed by atoms with Crippen LogP contribution >= 0.6 is 0 Å². The number of hydrogen-bond donors (Lipinski definition) is 2. The number of aromatic nitrogens is 1. The fourth-order valence-electron chi connectivity index (χ4n) is 2.32. The van der Waals surface area contributed by atoms with Crippen LogP contribution < -0.4 is 10.6 Å². The van der Waals surface area contributed by atoms with E-state index in [0.29, 0.717) is 0 Å². The third-order valence-electron chi connectivity index (χ3n) is 3.84. The summed E-state index contributed by atoms with van der Waals surface area (Å²) in [4.78, 5) is 40.0. The van der Waals surface area contributed by atoms with Gasteiger partial charge in [-0.2, -0.15) is 0 Å². The lowest BCUT2D eigenvalue weighted by atomic mass is 10.1. The van der Waals surface area contributed by atoms with E-state index in [0.717, 1.165) is 5.56 Å². The Kier molecular flexibility index (Phi) is 8.12. The molecule has 0 aliphatic heterocycles. The molecular formula is C20H23N3O4. The van der Waals surface area contributed by atoms with Crippen molar-refractivity contribution >= 4 is 17.7 Å². The molecule has 0 saturated heterocycles. The first kappa shape index (κ1) is 20.3. The fraction of sp³-hybridized carbons (Fsp3) is 0.300. The Morgan fingerprint density at radius 3 is 2.48 bits per heavy atom. The molecule has 0 fully saturated rings. The molecule has 2 rings (SSSR count). The van der Waals surface area contributed by atoms with Gasteiger partial charge in [-0.25, -0.2) is 0 Å². The summed E-state index contributed by atoms with van der Waals surface area (Å²) in [5.74, 6) is -0.950. The third kappa shape index (κ3) is 6.99. The van der Waals surface area contributed by atoms with E-state index in [2.05, 4.69) is 15.6 Å². The highest BCUT2D eigenvalue weighted by Gasteiger charge is 2.19. The molecule has 2 N–H and O–H groups in total. The average Bonchev–Trinajstić information content (AvgIpc) is 2.72. The SMILES string of the molecule is CCC(=O)[C@H](CNC(=O)c1ccccn1)NCC(=O)OCc1ccccc1. The van der Waals surface area contributed by atoms with E-state index in [-0.39, 0.29) is 43.5 Å². The zero-order valence-electron chi connectivity index (χ0n) is 15.2. The molecule has 0 saturated carbocycles. The lowest BCUT2D eigenvalue weighted by Gasteiger charge is -2.17. The van der Waals surface area contributed by atoms with Crippen molar-refractivity contribution in [2.75, 3.05) is 13.1 Å². The van der Waals surface area contributed by atoms with Crippen LogP contribution in [0, 0.1) is 0 Å². The first-order chi connectivity index (χ1) is 13.1. The molecule has 1 amide bonds. The predicted octanol–water partition coefficient (Wildman–Crippen LogP) is 1.49. The molecule has 1 heterocycles. The van der Waals surface area contributed by atoms with E-state index < -0.39 is 12.0 Å². The van der Waals surface area contributed by atoms with Crippen molar-refractivity contribution in [2.24, 2.45) is 0 Å². The largest absolute Gasteiger partial charge is 0.460 e. The van der Waals surface area contributed by atoms with Crippen LogP contribution in [0.25, 0.3) is 0 Å². The molecule has 0 bridgehead atoms. The van der Waals surface area contributed by atoms with Crippen LogP contribution in [0.2, 0.25) is 0 Å². The van der Waals surface area contributed by atoms with Gasteiger partial charge in [-0.15, -0.1) is 0 Å². The van der Waals surface area contributed by atoms with Crippen LogP contribution in [0.3, 0.4) is 0 Å². The lowest BCUT2D eigenvalue weighted by Crippen LogP contribution is -2.47. The molecule has 1 atom stereocenters. The number of ketones is 1. The molecule has 7 nitrogen and oxygen atoms in total. The normalized spacial score (nSPS) is 11.4. The van der Waals surface area contributed by atoms with Crippen molar-refractivity contribution in [1.82, 2.24) is 15.6 Å². The monoisotopic (exact) mass is 369 g/mol. The number of pyridine rings is 1. The molecule has 0 spiro atoms. The number of nitrogens with one attached hydrogen (secondary N) is 2. The number of nitrogens with zero attached hydrogens (tertiary/aromatic N) is 1. The zero-order valence-corrected chi connectivity index (χ0v) is 15.2. The standard InChI is InChI=1S/C20H23N3O4/c1-2-18(24)17(12-23-20(26)16-10-6-7-11-21-16)22-13-19(25)27-14-15-8-4-3-5-9-15/h3-11,17,22H,2,12-14H2,1H3,(H,23,26)/t17-/m0/s1. The first-order valence-electron chi connectivity index (χ1n) is 8.75. The van der Waals surface area contributed by atoms with Gasteiger partial charge in [0, 0.05) is 19.2 Å². The minimum absolute atomic E-state index is 0.0635. The Hall–Kier alpha value is -3.06. The summed E-state index contributed by atoms with van der Waals surface area (Å²) in [5, 5.41) is 5.51. The second-order valence-electron chi connectivity index (χ2n) is 5.82. The topological polar surface area (TPSA) is 97.4 Å². The summed E-state index contributed by atoms with van der Waals surface area (Å²) in [5.41, 5.74) is 1.15. The summed E-state index contributed by atoms with van der Waals surface area (Å²) in [6.07, 6.45) is 1.81. The number of hydrogen-bond acceptors (Lipinski definition) is 6. The Balaban J connectivity index is 1.80. The van der Waals surface area contributed by atoms with Crippen LogP contribution in [-0.4, -0.2) is 41.8 Å². The number of carbonyl (C=O) groups is 3. The van der Waals surface area contributed by atoms with Crippen molar-refractivity contribution in [1.29, 1.82) is 0 Å². The molecular weight excluding hydrogens is 346 g/mol. The highest BCUT2D eigenvalue weighted by molar-refractivity contribution is 5.93. The Morgan fingerprint density at radius 2 is 1.81 bits per heavy atom. The number of esters is 1. The molecule has 1 aromatic carbocycles. The van der Waals surface area contributed by atoms with E-state index in [1.807, 2.05) is 30.3 Å². The van der Waals surface area contributed by atoms with Crippen molar-refractivity contribution in [3.63, 3.8) is 0 Å². The maximum atomic E-state index is 12.1. The summed E-state index contributed by atoms with van der Waals surface area (Å²) in [6.45, 7) is 1.84. The van der Waals surface area contributed by atoms with Crippen LogP contribution in [0.4, 0.5) is 0 Å². The molecule has 0 radical (unpaired) electrons. The van der Waals surface area contributed by atoms with Crippen LogP contribution in [-0.2, 0) is 20.9 Å². The maximum Gasteiger partial charge on any atom is 0.320 e. The molecule has 0 unspecified atom stereocenters. The Bertz CT molecular complexity index is 750. The predicted molar refractivity (Wildman–Crippen MR) is 99.9 cm³/mol. The average molecular weight is 369 g/mol. The van der Waals surface area contributed by atoms with Crippen LogP contribution in [0.1, 0.15) is 29.4 Å². The molecule has 27 heavy (non-hydrogen) atoms. The van der Waals surface area contributed by atoms with Gasteiger partial charge in [0.15, 0.2) is 5.78 Å². The van der Waals surface area contributed by atoms with Gasteiger partial charge >= 0.3 is 5.97 Å². The number of amides is 1. The highest BCUT2D eigenvalue weighted by atomic mass is 16.5. The molecule has 7 heteroatoms. The van der Waals surface area contributed by atoms with Gasteiger partial charge in [-0.3, -0.25) is 24.7 Å². The quantitative estimate of drug-likeness (QED) is 0.616. The van der Waals surface area contributed by atoms with Gasteiger partial charge in [0.2, 0.25) is 0 Å². The molecule has 0 aliphatic carbocycles. The molecule has 0 aliphatic rings. The second-order valence-corrected chi connectivity index (χ2v) is 5.82. The van der Waals surface area contributed by atoms with Gasteiger partial charge in [0.1, 0.15) is 12.3 Å². The van der Waals surface area contributed by atoms with Gasteiger partial charge in [0.05, 0.1) is 12.6 Å². The van der Waals surface area contributed by atoms with Gasteiger partial charge in [0.25, 0.3) is 5.91 Å². The summed E-state index contributed by atoms with van der Waals surface area (Å²) in [7, 11) is 0. The molecule has 142 valence electrons. The minimum Gasteiger partial charge on any atom is -0.460 e. The van der Waals surface area contributed by atoms with E-state index in [4.69, 9.17) is 4.74 Å². The lowest BCUT2D eigenvalue weighted by molar-refractivity contribution is -0.144. The number of Topliss-reactive ketones (excluding diaryl/α,β-unsaturated/α-hetero) is 1. The van der Waals surface area contributed by atoms with Crippen molar-refractivity contribution in [3.8, 4) is 0 Å². The summed E-state index contributed by atoms with van der Waals surface area (Å²) in [6, 6.07) is 13.7. The van der Waals surface area contributed by atoms with Crippen LogP contribution in [0.5, 0.6) is 0 Å². The smallest absolute Gasteiger partial charge is 0.320 e. The van der Waals surface area contributed by atoms with Crippen molar-refractivity contribution < 1.29 is 19.1 Å². The van der Waals surface area contributed by atoms with E-state index in [1.165, 1.54) is 6.20 Å². The Labute approximate surface area is 158 Å². The fourth-order valence-corrected chi connectivity index (χ4v) is 2.32. The number of rotatable bonds is 10. The number of ether oxygens (including phenoxy) is 1. The van der Waals surface area contributed by atoms with Gasteiger partial charge < -0.3 is 10.1 Å². The molecule has 2 aromatic rings. The van der Waals surface area contributed by atoms with E-state index >= 15 is 0 Å². The maximum absolute atomic E-state index is 12.1. The summed E-state index contributed by atoms with van der Waals surface area (Å²) < 4.78 is 5.18. The molecule has 1 aromatic heterocycles. The van der Waals surface area contributed by atoms with E-state index in [9.17, 15) is 14.4 Å². The highest BCUT2D eigenvalue weighted by Crippen LogP contribution is 2.01. The third-order valence-corrected chi connectivity index (χ3v) is 3.84. The van der Waals surface area contributed by atoms with Gasteiger partial charge in [-0.05, 0) is 17.7 Å². The minimum atomic E-state index is -0.674. The second kappa shape index (κ2) is 10.8. The summed E-state index contributed by atoms with van der Waals surface area (Å²) >= 11 is 0. The first-order valence-corrected chi connectivity index (χ1v) is 8.75. The van der Waals surface area contributed by atoms with Crippen molar-refractivity contribution in [2.45, 2.75) is 26.0 Å².